The molecule has 5 fully saturated rings. The summed E-state index contributed by atoms with van der Waals surface area (Å²) in [5, 5.41) is 0. The predicted octanol–water partition coefficient (Wildman–Crippen LogP) is 3.62. The quantitative estimate of drug-likeness (QED) is 0.644. The maximum absolute atomic E-state index is 12.5. The predicted molar refractivity (Wildman–Crippen MR) is 99.9 cm³/mol. The molecule has 2 bridgehead atoms. The van der Waals surface area contributed by atoms with Crippen molar-refractivity contribution in [1.82, 2.24) is 0 Å². The van der Waals surface area contributed by atoms with E-state index in [-0.39, 0.29) is 27.1 Å². The number of aldehydes is 1. The van der Waals surface area contributed by atoms with Gasteiger partial charge < -0.3 is 19.0 Å². The normalized spacial score (nSPS) is 47.6. The lowest BCUT2D eigenvalue weighted by atomic mass is 9.58. The van der Waals surface area contributed by atoms with E-state index >= 15 is 0 Å². The average molecular weight is 385 g/mol. The van der Waals surface area contributed by atoms with Gasteiger partial charge in [-0.25, -0.2) is 0 Å². The van der Waals surface area contributed by atoms with Crippen LogP contribution < -0.4 is 0 Å². The fraction of sp³-hybridized carbons (Fsp3) is 0.947. The highest BCUT2D eigenvalue weighted by Crippen LogP contribution is 2.69. The van der Waals surface area contributed by atoms with Crippen molar-refractivity contribution in [3.8, 4) is 0 Å². The van der Waals surface area contributed by atoms with Crippen molar-refractivity contribution < 1.29 is 19.0 Å². The van der Waals surface area contributed by atoms with Crippen LogP contribution in [-0.4, -0.2) is 52.6 Å². The Morgan fingerprint density at radius 1 is 1.00 bits per heavy atom. The van der Waals surface area contributed by atoms with Crippen molar-refractivity contribution >= 4 is 29.8 Å². The van der Waals surface area contributed by atoms with E-state index in [1.807, 2.05) is 0 Å². The van der Waals surface area contributed by atoms with Crippen molar-refractivity contribution in [3.63, 3.8) is 0 Å². The van der Waals surface area contributed by atoms with Crippen LogP contribution in [0.3, 0.4) is 0 Å². The zero-order valence-corrected chi connectivity index (χ0v) is 16.6. The van der Waals surface area contributed by atoms with Crippen molar-refractivity contribution in [2.24, 2.45) is 11.3 Å². The lowest BCUT2D eigenvalue weighted by molar-refractivity contribution is -0.294. The molecule has 6 heteroatoms. The van der Waals surface area contributed by atoms with Crippen molar-refractivity contribution in [2.45, 2.75) is 73.4 Å². The van der Waals surface area contributed by atoms with Gasteiger partial charge in [0.2, 0.25) is 0 Å². The van der Waals surface area contributed by atoms with E-state index in [4.69, 9.17) is 14.2 Å². The molecule has 0 N–H and O–H groups in total. The molecule has 0 aromatic carbocycles. The maximum Gasteiger partial charge on any atom is 0.168 e. The number of hydrogen-bond acceptors (Lipinski definition) is 6. The van der Waals surface area contributed by atoms with Gasteiger partial charge in [0.1, 0.15) is 6.29 Å². The second-order valence-corrected chi connectivity index (χ2v) is 11.7. The van der Waals surface area contributed by atoms with E-state index in [1.54, 1.807) is 0 Å². The molecule has 4 saturated heterocycles. The average Bonchev–Trinajstić information content (AvgIpc) is 2.87. The molecule has 0 radical (unpaired) electrons. The van der Waals surface area contributed by atoms with Crippen molar-refractivity contribution in [2.75, 3.05) is 24.7 Å². The molecule has 2 spiro atoms. The number of rotatable bonds is 1. The SMILES string of the molecule is C[C@@]12CCC3(SCCCS3)[C@@H](O1)[C@@H]1CC3(CC[C@@]12C=O)OCCCO3. The van der Waals surface area contributed by atoms with Crippen LogP contribution in [0.25, 0.3) is 0 Å². The monoisotopic (exact) mass is 384 g/mol. The Kier molecular flexibility index (Phi) is 4.08. The fourth-order valence-corrected chi connectivity index (χ4v) is 9.53. The van der Waals surface area contributed by atoms with Crippen LogP contribution >= 0.6 is 23.5 Å². The first-order valence-corrected chi connectivity index (χ1v) is 11.7. The third kappa shape index (κ3) is 2.30. The standard InChI is InChI=1S/C19H28O4S2/c1-16-4-7-19(24-10-3-11-25-19)15(23-16)14-12-18(21-8-2-9-22-18)6-5-17(14,16)13-20/h13-15H,2-12H2,1H3/t14-,15-,16-,17+/m0/s1. The van der Waals surface area contributed by atoms with E-state index in [2.05, 4.69) is 30.4 Å². The lowest BCUT2D eigenvalue weighted by Gasteiger charge is -2.50. The Morgan fingerprint density at radius 2 is 1.76 bits per heavy atom. The Bertz CT molecular complexity index is 558. The third-order valence-corrected chi connectivity index (χ3v) is 11.0. The van der Waals surface area contributed by atoms with E-state index in [0.29, 0.717) is 0 Å². The number of fused-ring (bicyclic) bond motifs is 6. The maximum atomic E-state index is 12.5. The minimum absolute atomic E-state index is 0.125. The highest BCUT2D eigenvalue weighted by atomic mass is 32.2. The Labute approximate surface area is 158 Å². The largest absolute Gasteiger partial charge is 0.368 e. The molecule has 4 aliphatic heterocycles. The topological polar surface area (TPSA) is 44.8 Å². The van der Waals surface area contributed by atoms with Gasteiger partial charge in [-0.2, -0.15) is 0 Å². The molecule has 0 aromatic rings. The van der Waals surface area contributed by atoms with Gasteiger partial charge in [-0.3, -0.25) is 0 Å². The van der Waals surface area contributed by atoms with Gasteiger partial charge in [0.25, 0.3) is 0 Å². The minimum atomic E-state index is -0.474. The van der Waals surface area contributed by atoms with Gasteiger partial charge in [0, 0.05) is 18.8 Å². The molecular weight excluding hydrogens is 356 g/mol. The molecule has 140 valence electrons. The number of hydrogen-bond donors (Lipinski definition) is 0. The van der Waals surface area contributed by atoms with Gasteiger partial charge >= 0.3 is 0 Å². The molecule has 25 heavy (non-hydrogen) atoms. The summed E-state index contributed by atoms with van der Waals surface area (Å²) in [7, 11) is 0. The summed E-state index contributed by atoms with van der Waals surface area (Å²) in [5.41, 5.74) is -0.681. The first-order chi connectivity index (χ1) is 12.1. The van der Waals surface area contributed by atoms with Gasteiger partial charge in [0.15, 0.2) is 5.79 Å². The third-order valence-electron chi connectivity index (χ3n) is 7.44. The molecule has 0 aromatic heterocycles. The minimum Gasteiger partial charge on any atom is -0.368 e. The Hall–Kier alpha value is 0.250. The molecular formula is C19H28O4S2. The molecule has 4 atom stereocenters. The molecule has 4 nitrogen and oxygen atoms in total. The summed E-state index contributed by atoms with van der Waals surface area (Å²) < 4.78 is 19.2. The summed E-state index contributed by atoms with van der Waals surface area (Å²) >= 11 is 4.17. The molecule has 5 aliphatic rings. The number of carbonyl (C=O) groups is 1. The van der Waals surface area contributed by atoms with Gasteiger partial charge in [-0.15, -0.1) is 23.5 Å². The van der Waals surface area contributed by atoms with E-state index in [9.17, 15) is 4.79 Å². The molecule has 4 heterocycles. The zero-order chi connectivity index (χ0) is 17.2. The van der Waals surface area contributed by atoms with Crippen LogP contribution in [0.2, 0.25) is 0 Å². The number of carbonyl (C=O) groups excluding carboxylic acids is 1. The highest BCUT2D eigenvalue weighted by molar-refractivity contribution is 8.18. The van der Waals surface area contributed by atoms with Gasteiger partial charge in [0.05, 0.1) is 34.4 Å². The highest BCUT2D eigenvalue weighted by Gasteiger charge is 2.73. The van der Waals surface area contributed by atoms with Gasteiger partial charge in [-0.05, 0) is 50.5 Å². The van der Waals surface area contributed by atoms with E-state index in [0.717, 1.165) is 51.7 Å². The van der Waals surface area contributed by atoms with Crippen LogP contribution in [0.5, 0.6) is 0 Å². The lowest BCUT2D eigenvalue weighted by Crippen LogP contribution is -2.55. The number of ether oxygens (including phenoxy) is 3. The molecule has 1 aliphatic carbocycles. The van der Waals surface area contributed by atoms with E-state index in [1.165, 1.54) is 24.2 Å². The van der Waals surface area contributed by atoms with Gasteiger partial charge in [-0.1, -0.05) is 0 Å². The molecule has 0 amide bonds. The van der Waals surface area contributed by atoms with Crippen LogP contribution in [0.15, 0.2) is 0 Å². The molecule has 1 saturated carbocycles. The smallest absolute Gasteiger partial charge is 0.168 e. The first-order valence-electron chi connectivity index (χ1n) is 9.77. The summed E-state index contributed by atoms with van der Waals surface area (Å²) in [4.78, 5) is 12.5. The summed E-state index contributed by atoms with van der Waals surface area (Å²) in [5.74, 6) is 2.16. The summed E-state index contributed by atoms with van der Waals surface area (Å²) in [6.07, 6.45) is 8.26. The van der Waals surface area contributed by atoms with E-state index < -0.39 is 5.79 Å². The second-order valence-electron chi connectivity index (χ2n) is 8.56. The molecule has 0 unspecified atom stereocenters. The fourth-order valence-electron chi connectivity index (χ4n) is 6.00. The Balaban J connectivity index is 1.54. The van der Waals surface area contributed by atoms with Crippen LogP contribution in [0.1, 0.15) is 51.9 Å². The Morgan fingerprint density at radius 3 is 2.48 bits per heavy atom. The van der Waals surface area contributed by atoms with Crippen LogP contribution in [0.4, 0.5) is 0 Å². The molecule has 5 rings (SSSR count). The number of thioether (sulfide) groups is 2. The van der Waals surface area contributed by atoms with Crippen molar-refractivity contribution in [1.29, 1.82) is 0 Å². The summed E-state index contributed by atoms with van der Waals surface area (Å²) in [6.45, 7) is 3.75. The zero-order valence-electron chi connectivity index (χ0n) is 15.0. The van der Waals surface area contributed by atoms with Crippen molar-refractivity contribution in [3.05, 3.63) is 0 Å². The van der Waals surface area contributed by atoms with Crippen LogP contribution in [0, 0.1) is 11.3 Å². The first kappa shape index (κ1) is 17.4. The summed E-state index contributed by atoms with van der Waals surface area (Å²) in [6, 6.07) is 0. The second kappa shape index (κ2) is 5.87. The van der Waals surface area contributed by atoms with Crippen LogP contribution in [-0.2, 0) is 19.0 Å².